The third-order valence-electron chi connectivity index (χ3n) is 3.24. The van der Waals surface area contributed by atoms with Crippen LogP contribution in [0.3, 0.4) is 0 Å². The van der Waals surface area contributed by atoms with Crippen molar-refractivity contribution in [1.82, 2.24) is 4.98 Å². The Morgan fingerprint density at radius 2 is 1.61 bits per heavy atom. The second kappa shape index (κ2) is 4.73. The highest BCUT2D eigenvalue weighted by molar-refractivity contribution is 6.10. The molecule has 0 radical (unpaired) electrons. The number of pyridine rings is 1. The molecule has 2 rings (SSSR count). The molecule has 2 aromatic rings. The Morgan fingerprint density at radius 3 is 2.28 bits per heavy atom. The van der Waals surface area contributed by atoms with Crippen LogP contribution in [-0.2, 0) is 0 Å². The van der Waals surface area contributed by atoms with Crippen LogP contribution in [-0.4, -0.2) is 10.8 Å². The summed E-state index contributed by atoms with van der Waals surface area (Å²) in [5.41, 5.74) is 5.74. The standard InChI is InChI=1S/C16H17NO/c1-10-7-12(3)15(8-11(10)2)16(18)14-5-6-17-13(4)9-14/h5-9H,1-4H3. The highest BCUT2D eigenvalue weighted by atomic mass is 16.1. The van der Waals surface area contributed by atoms with Crippen molar-refractivity contribution in [2.24, 2.45) is 0 Å². The third kappa shape index (κ3) is 2.33. The molecular weight excluding hydrogens is 222 g/mol. The quantitative estimate of drug-likeness (QED) is 0.750. The minimum absolute atomic E-state index is 0.0705. The first kappa shape index (κ1) is 12.5. The van der Waals surface area contributed by atoms with Gasteiger partial charge in [-0.1, -0.05) is 6.07 Å². The molecule has 0 amide bonds. The van der Waals surface area contributed by atoms with E-state index in [1.54, 1.807) is 12.3 Å². The summed E-state index contributed by atoms with van der Waals surface area (Å²) in [5.74, 6) is 0.0705. The molecule has 0 fully saturated rings. The monoisotopic (exact) mass is 239 g/mol. The van der Waals surface area contributed by atoms with Gasteiger partial charge >= 0.3 is 0 Å². The number of benzene rings is 1. The number of carbonyl (C=O) groups is 1. The summed E-state index contributed by atoms with van der Waals surface area (Å²) in [5, 5.41) is 0. The summed E-state index contributed by atoms with van der Waals surface area (Å²) in [6, 6.07) is 7.64. The van der Waals surface area contributed by atoms with Gasteiger partial charge in [0.1, 0.15) is 0 Å². The van der Waals surface area contributed by atoms with Gasteiger partial charge in [0.25, 0.3) is 0 Å². The number of aromatic nitrogens is 1. The lowest BCUT2D eigenvalue weighted by Crippen LogP contribution is -2.05. The number of hydrogen-bond acceptors (Lipinski definition) is 2. The van der Waals surface area contributed by atoms with Gasteiger partial charge in [-0.2, -0.15) is 0 Å². The molecule has 1 aromatic carbocycles. The van der Waals surface area contributed by atoms with Gasteiger partial charge in [-0.25, -0.2) is 0 Å². The lowest BCUT2D eigenvalue weighted by atomic mass is 9.95. The molecule has 0 bridgehead atoms. The van der Waals surface area contributed by atoms with Gasteiger partial charge < -0.3 is 0 Å². The zero-order valence-corrected chi connectivity index (χ0v) is 11.2. The molecule has 0 N–H and O–H groups in total. The molecule has 18 heavy (non-hydrogen) atoms. The molecule has 0 aliphatic rings. The molecule has 1 heterocycles. The van der Waals surface area contributed by atoms with Gasteiger partial charge in [0.15, 0.2) is 5.78 Å². The smallest absolute Gasteiger partial charge is 0.193 e. The first-order chi connectivity index (χ1) is 8.49. The topological polar surface area (TPSA) is 30.0 Å². The molecule has 0 saturated heterocycles. The van der Waals surface area contributed by atoms with Crippen LogP contribution in [0.2, 0.25) is 0 Å². The van der Waals surface area contributed by atoms with Gasteiger partial charge in [0.05, 0.1) is 0 Å². The van der Waals surface area contributed by atoms with Gasteiger partial charge in [0.2, 0.25) is 0 Å². The molecule has 1 aromatic heterocycles. The summed E-state index contributed by atoms with van der Waals surface area (Å²) in [7, 11) is 0. The van der Waals surface area contributed by atoms with Crippen LogP contribution < -0.4 is 0 Å². The first-order valence-corrected chi connectivity index (χ1v) is 6.04. The summed E-state index contributed by atoms with van der Waals surface area (Å²) >= 11 is 0. The third-order valence-corrected chi connectivity index (χ3v) is 3.24. The Balaban J connectivity index is 2.49. The van der Waals surface area contributed by atoms with Gasteiger partial charge in [-0.15, -0.1) is 0 Å². The Hall–Kier alpha value is -1.96. The maximum atomic E-state index is 12.5. The van der Waals surface area contributed by atoms with Crippen molar-refractivity contribution in [1.29, 1.82) is 0 Å². The van der Waals surface area contributed by atoms with Crippen molar-refractivity contribution in [3.63, 3.8) is 0 Å². The van der Waals surface area contributed by atoms with Crippen LogP contribution in [0.25, 0.3) is 0 Å². The number of aryl methyl sites for hydroxylation is 4. The van der Waals surface area contributed by atoms with E-state index < -0.39 is 0 Å². The van der Waals surface area contributed by atoms with Crippen LogP contribution in [0.1, 0.15) is 38.3 Å². The lowest BCUT2D eigenvalue weighted by molar-refractivity contribution is 0.103. The number of rotatable bonds is 2. The van der Waals surface area contributed by atoms with Crippen LogP contribution in [0.5, 0.6) is 0 Å². The van der Waals surface area contributed by atoms with E-state index in [1.807, 2.05) is 32.9 Å². The predicted octanol–water partition coefficient (Wildman–Crippen LogP) is 3.55. The molecule has 0 spiro atoms. The summed E-state index contributed by atoms with van der Waals surface area (Å²) in [6.45, 7) is 7.97. The average molecular weight is 239 g/mol. The molecule has 92 valence electrons. The average Bonchev–Trinajstić information content (AvgIpc) is 2.33. The summed E-state index contributed by atoms with van der Waals surface area (Å²) in [6.07, 6.45) is 1.68. The van der Waals surface area contributed by atoms with Crippen molar-refractivity contribution in [2.45, 2.75) is 27.7 Å². The van der Waals surface area contributed by atoms with Crippen molar-refractivity contribution in [3.8, 4) is 0 Å². The van der Waals surface area contributed by atoms with E-state index in [2.05, 4.69) is 18.0 Å². The van der Waals surface area contributed by atoms with E-state index >= 15 is 0 Å². The maximum absolute atomic E-state index is 12.5. The largest absolute Gasteiger partial charge is 0.289 e. The second-order valence-electron chi connectivity index (χ2n) is 4.77. The molecule has 2 heteroatoms. The first-order valence-electron chi connectivity index (χ1n) is 6.04. The highest BCUT2D eigenvalue weighted by Gasteiger charge is 2.13. The molecule has 0 unspecified atom stereocenters. The van der Waals surface area contributed by atoms with E-state index in [-0.39, 0.29) is 5.78 Å². The fourth-order valence-electron chi connectivity index (χ4n) is 2.05. The van der Waals surface area contributed by atoms with Crippen molar-refractivity contribution in [2.75, 3.05) is 0 Å². The normalized spacial score (nSPS) is 10.4. The van der Waals surface area contributed by atoms with E-state index in [4.69, 9.17) is 0 Å². The predicted molar refractivity (Wildman–Crippen MR) is 73.1 cm³/mol. The van der Waals surface area contributed by atoms with Gasteiger partial charge in [0, 0.05) is 23.0 Å². The maximum Gasteiger partial charge on any atom is 0.193 e. The van der Waals surface area contributed by atoms with E-state index in [0.29, 0.717) is 5.56 Å². The Labute approximate surface area is 108 Å². The number of hydrogen-bond donors (Lipinski definition) is 0. The van der Waals surface area contributed by atoms with Crippen LogP contribution in [0, 0.1) is 27.7 Å². The summed E-state index contributed by atoms with van der Waals surface area (Å²) < 4.78 is 0. The fourth-order valence-corrected chi connectivity index (χ4v) is 2.05. The molecule has 2 nitrogen and oxygen atoms in total. The van der Waals surface area contributed by atoms with E-state index in [9.17, 15) is 4.79 Å². The summed E-state index contributed by atoms with van der Waals surface area (Å²) in [4.78, 5) is 16.6. The number of ketones is 1. The lowest BCUT2D eigenvalue weighted by Gasteiger charge is -2.09. The minimum atomic E-state index is 0.0705. The van der Waals surface area contributed by atoms with E-state index in [0.717, 1.165) is 22.4 Å². The van der Waals surface area contributed by atoms with Crippen molar-refractivity contribution >= 4 is 5.78 Å². The number of carbonyl (C=O) groups excluding carboxylic acids is 1. The SMILES string of the molecule is Cc1cc(C(=O)c2cc(C)c(C)cc2C)ccn1. The van der Waals surface area contributed by atoms with Crippen molar-refractivity contribution < 1.29 is 4.79 Å². The minimum Gasteiger partial charge on any atom is -0.289 e. The second-order valence-corrected chi connectivity index (χ2v) is 4.77. The Bertz CT molecular complexity index is 614. The van der Waals surface area contributed by atoms with E-state index in [1.165, 1.54) is 5.56 Å². The fraction of sp³-hybridized carbons (Fsp3) is 0.250. The molecular formula is C16H17NO. The van der Waals surface area contributed by atoms with Crippen molar-refractivity contribution in [3.05, 3.63) is 64.0 Å². The van der Waals surface area contributed by atoms with Gasteiger partial charge in [-0.05, 0) is 62.6 Å². The van der Waals surface area contributed by atoms with Crippen LogP contribution >= 0.6 is 0 Å². The Kier molecular flexibility index (Phi) is 3.28. The molecule has 0 aliphatic heterocycles. The van der Waals surface area contributed by atoms with Crippen LogP contribution in [0.15, 0.2) is 30.5 Å². The molecule has 0 aliphatic carbocycles. The zero-order chi connectivity index (χ0) is 13.3. The Morgan fingerprint density at radius 1 is 0.944 bits per heavy atom. The van der Waals surface area contributed by atoms with Crippen LogP contribution in [0.4, 0.5) is 0 Å². The van der Waals surface area contributed by atoms with Gasteiger partial charge in [-0.3, -0.25) is 9.78 Å². The highest BCUT2D eigenvalue weighted by Crippen LogP contribution is 2.19. The molecule has 0 saturated carbocycles. The number of nitrogens with zero attached hydrogens (tertiary/aromatic N) is 1. The zero-order valence-electron chi connectivity index (χ0n) is 11.2. The molecule has 0 atom stereocenters.